The van der Waals surface area contributed by atoms with E-state index in [1.165, 1.54) is 6.42 Å². The second kappa shape index (κ2) is 13.1. The number of guanidine groups is 1. The van der Waals surface area contributed by atoms with Crippen LogP contribution in [-0.4, -0.2) is 86.2 Å². The molecule has 2 saturated heterocycles. The molecule has 2 fully saturated rings. The van der Waals surface area contributed by atoms with Crippen molar-refractivity contribution in [1.82, 2.24) is 20.4 Å². The van der Waals surface area contributed by atoms with E-state index in [1.54, 1.807) is 0 Å². The van der Waals surface area contributed by atoms with Gasteiger partial charge in [-0.3, -0.25) is 14.7 Å². The lowest BCUT2D eigenvalue weighted by Crippen LogP contribution is -2.47. The first kappa shape index (κ1) is 23.9. The summed E-state index contributed by atoms with van der Waals surface area (Å²) in [6, 6.07) is 0.814. The summed E-state index contributed by atoms with van der Waals surface area (Å²) in [5.41, 5.74) is 0. The van der Waals surface area contributed by atoms with Gasteiger partial charge in [-0.2, -0.15) is 0 Å². The minimum Gasteiger partial charge on any atom is -0.379 e. The Morgan fingerprint density at radius 3 is 2.59 bits per heavy atom. The summed E-state index contributed by atoms with van der Waals surface area (Å²) in [4.78, 5) is 22.0. The molecular weight excluding hydrogens is 366 g/mol. The van der Waals surface area contributed by atoms with E-state index in [2.05, 4.69) is 43.2 Å². The van der Waals surface area contributed by atoms with Gasteiger partial charge in [-0.05, 0) is 45.4 Å². The lowest BCUT2D eigenvalue weighted by atomic mass is 10.0. The van der Waals surface area contributed by atoms with E-state index in [0.29, 0.717) is 31.0 Å². The Morgan fingerprint density at radius 2 is 1.93 bits per heavy atom. The highest BCUT2D eigenvalue weighted by atomic mass is 16.5. The molecule has 0 spiro atoms. The van der Waals surface area contributed by atoms with Crippen molar-refractivity contribution in [2.75, 3.05) is 52.5 Å². The predicted octanol–water partition coefficient (Wildman–Crippen LogP) is 2.08. The van der Waals surface area contributed by atoms with Gasteiger partial charge in [0.2, 0.25) is 5.91 Å². The van der Waals surface area contributed by atoms with Gasteiger partial charge in [0.1, 0.15) is 0 Å². The number of aliphatic imine (C=N–C) groups is 1. The maximum atomic E-state index is 12.5. The summed E-state index contributed by atoms with van der Waals surface area (Å²) < 4.78 is 5.51. The van der Waals surface area contributed by atoms with E-state index in [9.17, 15) is 4.79 Å². The fourth-order valence-corrected chi connectivity index (χ4v) is 4.26. The SMILES string of the molecule is CCNC(=NCC(CC(C)C)N1CCOCC1)NCCC(=O)N1CCCCC1C. The number of rotatable bonds is 9. The van der Waals surface area contributed by atoms with Crippen LogP contribution in [0.2, 0.25) is 0 Å². The van der Waals surface area contributed by atoms with Gasteiger partial charge in [-0.1, -0.05) is 13.8 Å². The van der Waals surface area contributed by atoms with E-state index in [1.807, 2.05) is 4.90 Å². The third kappa shape index (κ3) is 8.51. The fourth-order valence-electron chi connectivity index (χ4n) is 4.26. The molecule has 2 N–H and O–H groups in total. The maximum Gasteiger partial charge on any atom is 0.224 e. The zero-order chi connectivity index (χ0) is 21.1. The van der Waals surface area contributed by atoms with Gasteiger partial charge in [-0.25, -0.2) is 0 Å². The topological polar surface area (TPSA) is 69.2 Å². The predicted molar refractivity (Wildman–Crippen MR) is 119 cm³/mol. The van der Waals surface area contributed by atoms with Crippen molar-refractivity contribution in [1.29, 1.82) is 0 Å². The summed E-state index contributed by atoms with van der Waals surface area (Å²) in [6.45, 7) is 15.5. The summed E-state index contributed by atoms with van der Waals surface area (Å²) >= 11 is 0. The molecule has 0 saturated carbocycles. The van der Waals surface area contributed by atoms with E-state index in [0.717, 1.165) is 71.2 Å². The van der Waals surface area contributed by atoms with Crippen molar-refractivity contribution < 1.29 is 9.53 Å². The van der Waals surface area contributed by atoms with Gasteiger partial charge < -0.3 is 20.3 Å². The van der Waals surface area contributed by atoms with Gasteiger partial charge in [0.15, 0.2) is 5.96 Å². The molecule has 2 aliphatic heterocycles. The number of carbonyl (C=O) groups is 1. The van der Waals surface area contributed by atoms with Crippen LogP contribution in [0, 0.1) is 5.92 Å². The van der Waals surface area contributed by atoms with Crippen LogP contribution in [0.3, 0.4) is 0 Å². The van der Waals surface area contributed by atoms with Gasteiger partial charge in [0.25, 0.3) is 0 Å². The Morgan fingerprint density at radius 1 is 1.17 bits per heavy atom. The normalized spacial score (nSPS) is 22.6. The Labute approximate surface area is 177 Å². The molecule has 0 bridgehead atoms. The fraction of sp³-hybridized carbons (Fsp3) is 0.909. The third-order valence-electron chi connectivity index (χ3n) is 5.86. The Bertz CT molecular complexity index is 505. The quantitative estimate of drug-likeness (QED) is 0.451. The standard InChI is InChI=1S/C22H43N5O2/c1-5-23-22(24-10-9-21(28)27-11-7-6-8-19(27)4)25-17-20(16-18(2)3)26-12-14-29-15-13-26/h18-20H,5-17H2,1-4H3,(H2,23,24,25). The first-order valence-electron chi connectivity index (χ1n) is 11.6. The van der Waals surface area contributed by atoms with Crippen LogP contribution in [-0.2, 0) is 9.53 Å². The smallest absolute Gasteiger partial charge is 0.224 e. The molecule has 0 aromatic rings. The average Bonchev–Trinajstić information content (AvgIpc) is 2.71. The number of nitrogens with one attached hydrogen (secondary N) is 2. The van der Waals surface area contributed by atoms with Crippen LogP contribution in [0.15, 0.2) is 4.99 Å². The van der Waals surface area contributed by atoms with E-state index >= 15 is 0 Å². The van der Waals surface area contributed by atoms with Crippen molar-refractivity contribution in [3.8, 4) is 0 Å². The molecule has 0 radical (unpaired) electrons. The van der Waals surface area contributed by atoms with Crippen LogP contribution < -0.4 is 10.6 Å². The Kier molecular flexibility index (Phi) is 10.8. The number of carbonyl (C=O) groups excluding carboxylic acids is 1. The monoisotopic (exact) mass is 409 g/mol. The molecule has 168 valence electrons. The van der Waals surface area contributed by atoms with Crippen LogP contribution in [0.4, 0.5) is 0 Å². The van der Waals surface area contributed by atoms with Crippen LogP contribution in [0.5, 0.6) is 0 Å². The average molecular weight is 410 g/mol. The molecule has 29 heavy (non-hydrogen) atoms. The first-order valence-corrected chi connectivity index (χ1v) is 11.6. The number of amides is 1. The van der Waals surface area contributed by atoms with E-state index < -0.39 is 0 Å². The van der Waals surface area contributed by atoms with Gasteiger partial charge in [-0.15, -0.1) is 0 Å². The zero-order valence-electron chi connectivity index (χ0n) is 19.1. The molecule has 7 nitrogen and oxygen atoms in total. The molecular formula is C22H43N5O2. The van der Waals surface area contributed by atoms with E-state index in [-0.39, 0.29) is 5.91 Å². The van der Waals surface area contributed by atoms with Gasteiger partial charge in [0.05, 0.1) is 19.8 Å². The van der Waals surface area contributed by atoms with Crippen LogP contribution in [0.25, 0.3) is 0 Å². The molecule has 2 aliphatic rings. The van der Waals surface area contributed by atoms with E-state index in [4.69, 9.17) is 9.73 Å². The number of piperidine rings is 1. The number of morpholine rings is 1. The number of likely N-dealkylation sites (tertiary alicyclic amines) is 1. The largest absolute Gasteiger partial charge is 0.379 e. The van der Waals surface area contributed by atoms with Crippen LogP contribution >= 0.6 is 0 Å². The zero-order valence-corrected chi connectivity index (χ0v) is 19.1. The second-order valence-corrected chi connectivity index (χ2v) is 8.76. The highest BCUT2D eigenvalue weighted by Crippen LogP contribution is 2.17. The highest BCUT2D eigenvalue weighted by molar-refractivity contribution is 5.81. The number of nitrogens with zero attached hydrogens (tertiary/aromatic N) is 3. The second-order valence-electron chi connectivity index (χ2n) is 8.76. The maximum absolute atomic E-state index is 12.5. The minimum absolute atomic E-state index is 0.256. The summed E-state index contributed by atoms with van der Waals surface area (Å²) in [6.07, 6.45) is 5.15. The molecule has 0 aromatic carbocycles. The number of ether oxygens (including phenoxy) is 1. The Balaban J connectivity index is 1.85. The molecule has 0 aliphatic carbocycles. The molecule has 1 amide bonds. The van der Waals surface area contributed by atoms with Crippen molar-refractivity contribution in [3.05, 3.63) is 0 Å². The minimum atomic E-state index is 0.256. The molecule has 7 heteroatoms. The number of hydrogen-bond acceptors (Lipinski definition) is 4. The molecule has 2 unspecified atom stereocenters. The highest BCUT2D eigenvalue weighted by Gasteiger charge is 2.23. The van der Waals surface area contributed by atoms with Crippen molar-refractivity contribution >= 4 is 11.9 Å². The summed E-state index contributed by atoms with van der Waals surface area (Å²) in [7, 11) is 0. The lowest BCUT2D eigenvalue weighted by Gasteiger charge is -2.34. The molecule has 2 rings (SSSR count). The summed E-state index contributed by atoms with van der Waals surface area (Å²) in [5, 5.41) is 6.69. The van der Waals surface area contributed by atoms with Gasteiger partial charge >= 0.3 is 0 Å². The number of hydrogen-bond donors (Lipinski definition) is 2. The van der Waals surface area contributed by atoms with Gasteiger partial charge in [0, 0.05) is 51.2 Å². The molecule has 2 heterocycles. The van der Waals surface area contributed by atoms with Crippen molar-refractivity contribution in [2.24, 2.45) is 10.9 Å². The third-order valence-corrected chi connectivity index (χ3v) is 5.86. The Hall–Kier alpha value is -1.34. The van der Waals surface area contributed by atoms with Crippen LogP contribution in [0.1, 0.15) is 59.8 Å². The molecule has 2 atom stereocenters. The summed E-state index contributed by atoms with van der Waals surface area (Å²) in [5.74, 6) is 1.71. The van der Waals surface area contributed by atoms with Crippen molar-refractivity contribution in [2.45, 2.75) is 71.9 Å². The molecule has 0 aromatic heterocycles. The first-order chi connectivity index (χ1) is 14.0. The van der Waals surface area contributed by atoms with Crippen molar-refractivity contribution in [3.63, 3.8) is 0 Å². The lowest BCUT2D eigenvalue weighted by molar-refractivity contribution is -0.134.